The van der Waals surface area contributed by atoms with Crippen molar-refractivity contribution in [2.75, 3.05) is 6.54 Å². The number of nitrogens with two attached hydrogens (primary N) is 1. The molecule has 0 bridgehead atoms. The van der Waals surface area contributed by atoms with Crippen LogP contribution in [0.5, 0.6) is 0 Å². The lowest BCUT2D eigenvalue weighted by Crippen LogP contribution is -2.02. The van der Waals surface area contributed by atoms with E-state index in [-0.39, 0.29) is 0 Å². The van der Waals surface area contributed by atoms with Crippen molar-refractivity contribution in [2.24, 2.45) is 5.73 Å². The molecule has 1 aromatic carbocycles. The van der Waals surface area contributed by atoms with Crippen LogP contribution in [0.1, 0.15) is 17.1 Å². The van der Waals surface area contributed by atoms with Crippen molar-refractivity contribution in [3.8, 4) is 11.3 Å². The van der Waals surface area contributed by atoms with Gasteiger partial charge in [0.05, 0.1) is 5.69 Å². The van der Waals surface area contributed by atoms with E-state index < -0.39 is 0 Å². The van der Waals surface area contributed by atoms with Crippen LogP contribution < -0.4 is 5.73 Å². The van der Waals surface area contributed by atoms with Gasteiger partial charge in [0.1, 0.15) is 0 Å². The molecule has 0 aliphatic heterocycles. The first-order valence-electron chi connectivity index (χ1n) is 5.44. The van der Waals surface area contributed by atoms with Gasteiger partial charge >= 0.3 is 0 Å². The molecule has 3 heteroatoms. The van der Waals surface area contributed by atoms with E-state index in [1.807, 2.05) is 19.1 Å². The summed E-state index contributed by atoms with van der Waals surface area (Å²) in [6, 6.07) is 8.15. The first-order chi connectivity index (χ1) is 7.72. The summed E-state index contributed by atoms with van der Waals surface area (Å²) in [5.41, 5.74) is 8.72. The minimum Gasteiger partial charge on any atom is -0.440 e. The maximum Gasteiger partial charge on any atom is 0.196 e. The predicted molar refractivity (Wildman–Crippen MR) is 64.2 cm³/mol. The highest BCUT2D eigenvalue weighted by Crippen LogP contribution is 2.27. The molecule has 1 aromatic heterocycles. The topological polar surface area (TPSA) is 52.0 Å². The van der Waals surface area contributed by atoms with Crippen LogP contribution in [0.15, 0.2) is 28.7 Å². The Kier molecular flexibility index (Phi) is 3.06. The summed E-state index contributed by atoms with van der Waals surface area (Å²) in [5.74, 6) is 1.58. The van der Waals surface area contributed by atoms with Crippen molar-refractivity contribution in [3.05, 3.63) is 41.4 Å². The summed E-state index contributed by atoms with van der Waals surface area (Å²) in [6.45, 7) is 4.60. The van der Waals surface area contributed by atoms with Crippen LogP contribution in [-0.4, -0.2) is 11.5 Å². The fourth-order valence-corrected chi connectivity index (χ4v) is 1.76. The fraction of sp³-hybridized carbons (Fsp3) is 0.308. The van der Waals surface area contributed by atoms with Gasteiger partial charge in [-0.3, -0.25) is 0 Å². The van der Waals surface area contributed by atoms with Gasteiger partial charge in [-0.15, -0.1) is 0 Å². The Morgan fingerprint density at radius 1 is 1.25 bits per heavy atom. The van der Waals surface area contributed by atoms with Gasteiger partial charge in [0, 0.05) is 18.5 Å². The Bertz CT molecular complexity index is 488. The summed E-state index contributed by atoms with van der Waals surface area (Å²) < 4.78 is 5.73. The molecule has 84 valence electrons. The molecule has 0 atom stereocenters. The molecule has 0 aliphatic rings. The van der Waals surface area contributed by atoms with Gasteiger partial charge in [-0.2, -0.15) is 0 Å². The van der Waals surface area contributed by atoms with E-state index in [1.54, 1.807) is 0 Å². The number of hydrogen-bond acceptors (Lipinski definition) is 3. The lowest BCUT2D eigenvalue weighted by molar-refractivity contribution is 0.507. The zero-order valence-electron chi connectivity index (χ0n) is 9.66. The van der Waals surface area contributed by atoms with Crippen LogP contribution in [0, 0.1) is 13.8 Å². The average molecular weight is 216 g/mol. The molecule has 16 heavy (non-hydrogen) atoms. The zero-order valence-corrected chi connectivity index (χ0v) is 9.66. The second-order valence-corrected chi connectivity index (χ2v) is 3.88. The highest BCUT2D eigenvalue weighted by atomic mass is 16.4. The Labute approximate surface area is 95.3 Å². The maximum absolute atomic E-state index is 5.73. The minimum absolute atomic E-state index is 0.563. The predicted octanol–water partition coefficient (Wildman–Crippen LogP) is 2.46. The van der Waals surface area contributed by atoms with Crippen LogP contribution in [0.25, 0.3) is 11.3 Å². The molecule has 0 amide bonds. The van der Waals surface area contributed by atoms with Gasteiger partial charge < -0.3 is 10.2 Å². The molecule has 0 aliphatic carbocycles. The maximum atomic E-state index is 5.73. The first kappa shape index (κ1) is 10.9. The van der Waals surface area contributed by atoms with Crippen LogP contribution >= 0.6 is 0 Å². The number of nitrogens with zero attached hydrogens (tertiary/aromatic N) is 1. The van der Waals surface area contributed by atoms with Gasteiger partial charge in [-0.1, -0.05) is 24.3 Å². The molecule has 0 fully saturated rings. The second kappa shape index (κ2) is 4.49. The van der Waals surface area contributed by atoms with Crippen LogP contribution in [0.4, 0.5) is 0 Å². The van der Waals surface area contributed by atoms with Crippen molar-refractivity contribution in [2.45, 2.75) is 20.3 Å². The van der Waals surface area contributed by atoms with E-state index in [1.165, 1.54) is 5.56 Å². The van der Waals surface area contributed by atoms with Gasteiger partial charge in [0.25, 0.3) is 0 Å². The summed E-state index contributed by atoms with van der Waals surface area (Å²) in [6.07, 6.45) is 0.687. The first-order valence-corrected chi connectivity index (χ1v) is 5.44. The lowest BCUT2D eigenvalue weighted by atomic mass is 10.1. The molecule has 0 spiro atoms. The molecular formula is C13H16N2O. The van der Waals surface area contributed by atoms with E-state index in [2.05, 4.69) is 24.0 Å². The summed E-state index contributed by atoms with van der Waals surface area (Å²) in [5, 5.41) is 0. The Balaban J connectivity index is 2.44. The van der Waals surface area contributed by atoms with Crippen molar-refractivity contribution in [1.82, 2.24) is 4.98 Å². The zero-order chi connectivity index (χ0) is 11.5. The average Bonchev–Trinajstić information content (AvgIpc) is 2.61. The molecule has 2 rings (SSSR count). The van der Waals surface area contributed by atoms with Crippen molar-refractivity contribution < 1.29 is 4.42 Å². The van der Waals surface area contributed by atoms with E-state index >= 15 is 0 Å². The molecule has 0 saturated heterocycles. The van der Waals surface area contributed by atoms with E-state index in [9.17, 15) is 0 Å². The Morgan fingerprint density at radius 2 is 2.00 bits per heavy atom. The van der Waals surface area contributed by atoms with Crippen LogP contribution in [0.3, 0.4) is 0 Å². The Morgan fingerprint density at radius 3 is 2.69 bits per heavy atom. The normalized spacial score (nSPS) is 10.7. The molecule has 3 nitrogen and oxygen atoms in total. The molecule has 0 unspecified atom stereocenters. The smallest absolute Gasteiger partial charge is 0.196 e. The highest BCUT2D eigenvalue weighted by Gasteiger charge is 2.12. The van der Waals surface area contributed by atoms with Gasteiger partial charge in [0.2, 0.25) is 0 Å². The molecular weight excluding hydrogens is 200 g/mol. The third kappa shape index (κ3) is 1.99. The summed E-state index contributed by atoms with van der Waals surface area (Å²) in [7, 11) is 0. The number of aromatic nitrogens is 1. The van der Waals surface area contributed by atoms with Crippen molar-refractivity contribution >= 4 is 0 Å². The number of aryl methyl sites for hydroxylation is 2. The van der Waals surface area contributed by atoms with Gasteiger partial charge in [-0.25, -0.2) is 4.98 Å². The molecule has 0 saturated carbocycles. The number of hydrogen-bond donors (Lipinski definition) is 1. The third-order valence-electron chi connectivity index (χ3n) is 2.59. The summed E-state index contributed by atoms with van der Waals surface area (Å²) in [4.78, 5) is 4.37. The van der Waals surface area contributed by atoms with Crippen molar-refractivity contribution in [1.29, 1.82) is 0 Å². The molecule has 0 radical (unpaired) electrons. The quantitative estimate of drug-likeness (QED) is 0.857. The number of rotatable bonds is 3. The summed E-state index contributed by atoms with van der Waals surface area (Å²) >= 11 is 0. The number of oxazole rings is 1. The van der Waals surface area contributed by atoms with E-state index in [4.69, 9.17) is 10.2 Å². The monoisotopic (exact) mass is 216 g/mol. The largest absolute Gasteiger partial charge is 0.440 e. The van der Waals surface area contributed by atoms with Crippen LogP contribution in [-0.2, 0) is 6.42 Å². The molecule has 1 heterocycles. The number of benzene rings is 1. The Hall–Kier alpha value is -1.61. The SMILES string of the molecule is Cc1ccccc1-c1oc(CCN)nc1C. The van der Waals surface area contributed by atoms with E-state index in [0.717, 1.165) is 22.9 Å². The molecule has 2 aromatic rings. The van der Waals surface area contributed by atoms with E-state index in [0.29, 0.717) is 13.0 Å². The second-order valence-electron chi connectivity index (χ2n) is 3.88. The highest BCUT2D eigenvalue weighted by molar-refractivity contribution is 5.63. The lowest BCUT2D eigenvalue weighted by Gasteiger charge is -2.01. The van der Waals surface area contributed by atoms with Crippen LogP contribution in [0.2, 0.25) is 0 Å². The van der Waals surface area contributed by atoms with Gasteiger partial charge in [0.15, 0.2) is 11.7 Å². The fourth-order valence-electron chi connectivity index (χ4n) is 1.76. The van der Waals surface area contributed by atoms with Crippen molar-refractivity contribution in [3.63, 3.8) is 0 Å². The minimum atomic E-state index is 0.563. The molecule has 2 N–H and O–H groups in total. The van der Waals surface area contributed by atoms with Gasteiger partial charge in [-0.05, 0) is 19.4 Å². The third-order valence-corrected chi connectivity index (χ3v) is 2.59. The standard InChI is InChI=1S/C13H16N2O/c1-9-5-3-4-6-11(9)13-10(2)15-12(16-13)7-8-14/h3-6H,7-8,14H2,1-2H3.